The zero-order valence-corrected chi connectivity index (χ0v) is 33.6. The Bertz CT molecular complexity index is 2420. The molecule has 2 aliphatic rings. The number of phenolic OH excluding ortho intramolecular Hbond substituents is 2. The summed E-state index contributed by atoms with van der Waals surface area (Å²) in [6.45, 7) is 7.54. The van der Waals surface area contributed by atoms with Gasteiger partial charge in [0.15, 0.2) is 19.7 Å². The van der Waals surface area contributed by atoms with Gasteiger partial charge in [-0.3, -0.25) is 0 Å². The molecule has 4 aromatic carbocycles. The van der Waals surface area contributed by atoms with Crippen LogP contribution in [0.4, 0.5) is 23.3 Å². The van der Waals surface area contributed by atoms with Crippen LogP contribution in [-0.4, -0.2) is 79.8 Å². The lowest BCUT2D eigenvalue weighted by Crippen LogP contribution is -2.09. The fraction of sp³-hybridized carbons (Fsp3) is 0.316. The Morgan fingerprint density at radius 1 is 0.603 bits per heavy atom. The van der Waals surface area contributed by atoms with Crippen molar-refractivity contribution >= 4 is 42.9 Å². The maximum Gasteiger partial charge on any atom is 0.267 e. The van der Waals surface area contributed by atoms with E-state index in [2.05, 4.69) is 51.9 Å². The largest absolute Gasteiger partial charge is 0.507 e. The van der Waals surface area contributed by atoms with Crippen molar-refractivity contribution in [2.24, 2.45) is 11.8 Å². The van der Waals surface area contributed by atoms with Crippen LogP contribution in [-0.2, 0) is 19.7 Å². The Balaban J connectivity index is 0.000000177. The number of H-pyrrole nitrogens is 2. The number of rotatable bonds is 14. The number of aromatic nitrogens is 8. The van der Waals surface area contributed by atoms with E-state index in [9.17, 15) is 27.0 Å². The summed E-state index contributed by atoms with van der Waals surface area (Å²) in [5.74, 6) is 2.58. The van der Waals surface area contributed by atoms with E-state index in [-0.39, 0.29) is 44.6 Å². The molecule has 0 amide bonds. The van der Waals surface area contributed by atoms with Gasteiger partial charge in [0.25, 0.3) is 11.9 Å². The SMILES string of the molecule is Cc1cc(Nc2nn[nH]n2)cc(C)c1Oc1ccc(O)c(S(=O)(=O)CC2CC2)c1.Cc1cc(Nc2nn[nH]n2)cc(C)c1Oc1ccc(O)c(S(=O)(=O)CC2CC2)c1. The van der Waals surface area contributed by atoms with Gasteiger partial charge >= 0.3 is 0 Å². The number of aryl methyl sites for hydroxylation is 4. The van der Waals surface area contributed by atoms with Crippen molar-refractivity contribution in [2.75, 3.05) is 22.1 Å². The number of nitrogens with one attached hydrogen (secondary N) is 4. The van der Waals surface area contributed by atoms with Crippen LogP contribution in [0.5, 0.6) is 34.5 Å². The van der Waals surface area contributed by atoms with E-state index in [1.807, 2.05) is 52.0 Å². The molecule has 0 saturated heterocycles. The minimum Gasteiger partial charge on any atom is -0.507 e. The molecule has 6 N–H and O–H groups in total. The molecule has 0 aliphatic heterocycles. The predicted octanol–water partition coefficient (Wildman–Crippen LogP) is 6.48. The zero-order chi connectivity index (χ0) is 41.2. The number of hydrogen-bond donors (Lipinski definition) is 6. The Labute approximate surface area is 334 Å². The van der Waals surface area contributed by atoms with Crippen LogP contribution < -0.4 is 20.1 Å². The van der Waals surface area contributed by atoms with Crippen LogP contribution in [0.1, 0.15) is 47.9 Å². The topological polar surface area (TPSA) is 260 Å². The second-order valence-corrected chi connectivity index (χ2v) is 18.5. The molecule has 0 radical (unpaired) electrons. The fourth-order valence-corrected chi connectivity index (χ4v) is 9.91. The molecule has 6 aromatic rings. The van der Waals surface area contributed by atoms with Gasteiger partial charge < -0.3 is 30.3 Å². The van der Waals surface area contributed by atoms with Gasteiger partial charge in [-0.2, -0.15) is 10.4 Å². The van der Waals surface area contributed by atoms with Crippen molar-refractivity contribution in [2.45, 2.75) is 63.2 Å². The molecule has 2 saturated carbocycles. The van der Waals surface area contributed by atoms with Crippen LogP contribution in [0.15, 0.2) is 70.5 Å². The minimum absolute atomic E-state index is 0.0541. The molecule has 20 heteroatoms. The van der Waals surface area contributed by atoms with E-state index in [1.54, 1.807) is 12.1 Å². The van der Waals surface area contributed by atoms with Crippen LogP contribution in [0.25, 0.3) is 0 Å². The third-order valence-electron chi connectivity index (χ3n) is 9.40. The highest BCUT2D eigenvalue weighted by molar-refractivity contribution is 7.91. The first-order valence-corrected chi connectivity index (χ1v) is 21.6. The van der Waals surface area contributed by atoms with Gasteiger partial charge in [-0.05, 0) is 146 Å². The number of hydrogen-bond acceptors (Lipinski definition) is 16. The molecular formula is C38H42N10O8S2. The van der Waals surface area contributed by atoms with Crippen molar-refractivity contribution in [1.29, 1.82) is 0 Å². The van der Waals surface area contributed by atoms with Crippen LogP contribution in [0.3, 0.4) is 0 Å². The van der Waals surface area contributed by atoms with Gasteiger partial charge in [0.1, 0.15) is 44.3 Å². The lowest BCUT2D eigenvalue weighted by molar-refractivity contribution is 0.446. The van der Waals surface area contributed by atoms with E-state index < -0.39 is 19.7 Å². The molecule has 2 heterocycles. The van der Waals surface area contributed by atoms with Crippen LogP contribution >= 0.6 is 0 Å². The number of sulfone groups is 2. The first-order valence-electron chi connectivity index (χ1n) is 18.3. The van der Waals surface area contributed by atoms with Gasteiger partial charge in [0, 0.05) is 23.5 Å². The van der Waals surface area contributed by atoms with Gasteiger partial charge in [-0.15, -0.1) is 10.2 Å². The standard InChI is InChI=1S/2C19H21N5O4S/c2*1-11-7-14(20-19-21-23-24-22-19)8-12(2)18(11)28-15-5-6-16(25)17(9-15)29(26,27)10-13-3-4-13/h2*5-9,13,25H,3-4,10H2,1-2H3,(H2,20,21,22,23,24). The fourth-order valence-electron chi connectivity index (χ4n) is 6.27. The van der Waals surface area contributed by atoms with E-state index >= 15 is 0 Å². The number of aromatic hydroxyl groups is 2. The normalized spacial score (nSPS) is 14.0. The maximum atomic E-state index is 12.6. The Morgan fingerprint density at radius 3 is 1.28 bits per heavy atom. The number of benzene rings is 4. The molecule has 2 fully saturated rings. The number of anilines is 4. The molecule has 8 rings (SSSR count). The van der Waals surface area contributed by atoms with E-state index in [0.717, 1.165) is 59.3 Å². The van der Waals surface area contributed by atoms with Crippen molar-refractivity contribution in [3.8, 4) is 34.5 Å². The molecule has 0 atom stereocenters. The number of phenols is 2. The molecule has 0 spiro atoms. The Hall–Kier alpha value is -6.28. The summed E-state index contributed by atoms with van der Waals surface area (Å²) < 4.78 is 62.4. The molecule has 0 unspecified atom stereocenters. The van der Waals surface area contributed by atoms with Gasteiger partial charge in [0.05, 0.1) is 11.5 Å². The monoisotopic (exact) mass is 830 g/mol. The second-order valence-electron chi connectivity index (χ2n) is 14.5. The third-order valence-corrected chi connectivity index (χ3v) is 13.2. The van der Waals surface area contributed by atoms with Gasteiger partial charge in [-0.25, -0.2) is 16.8 Å². The van der Waals surface area contributed by atoms with Crippen molar-refractivity contribution in [3.05, 3.63) is 82.9 Å². The van der Waals surface area contributed by atoms with Crippen molar-refractivity contribution in [3.63, 3.8) is 0 Å². The van der Waals surface area contributed by atoms with Crippen molar-refractivity contribution < 1.29 is 36.5 Å². The summed E-state index contributed by atoms with van der Waals surface area (Å²) in [5, 5.41) is 53.4. The minimum atomic E-state index is -3.56. The second kappa shape index (κ2) is 16.3. The maximum absolute atomic E-state index is 12.6. The Morgan fingerprint density at radius 2 is 0.966 bits per heavy atom. The highest BCUT2D eigenvalue weighted by Gasteiger charge is 2.32. The lowest BCUT2D eigenvalue weighted by Gasteiger charge is -2.15. The molecule has 18 nitrogen and oxygen atoms in total. The molecular weight excluding hydrogens is 789 g/mol. The average Bonchev–Trinajstić information content (AvgIpc) is 4.03. The summed E-state index contributed by atoms with van der Waals surface area (Å²) >= 11 is 0. The van der Waals surface area contributed by atoms with Gasteiger partial charge in [-0.1, -0.05) is 10.2 Å². The molecule has 2 aromatic heterocycles. The summed E-state index contributed by atoms with van der Waals surface area (Å²) in [4.78, 5) is -0.180. The molecule has 58 heavy (non-hydrogen) atoms. The number of ether oxygens (including phenoxy) is 2. The number of nitrogens with zero attached hydrogens (tertiary/aromatic N) is 6. The zero-order valence-electron chi connectivity index (χ0n) is 32.0. The number of tetrazole rings is 2. The highest BCUT2D eigenvalue weighted by atomic mass is 32.2. The van der Waals surface area contributed by atoms with Gasteiger partial charge in [0.2, 0.25) is 0 Å². The summed E-state index contributed by atoms with van der Waals surface area (Å²) in [7, 11) is -7.12. The molecule has 2 aliphatic carbocycles. The van der Waals surface area contributed by atoms with Crippen LogP contribution in [0.2, 0.25) is 0 Å². The first-order chi connectivity index (χ1) is 27.6. The summed E-state index contributed by atoms with van der Waals surface area (Å²) in [5.41, 5.74) is 4.90. The van der Waals surface area contributed by atoms with Crippen LogP contribution in [0, 0.1) is 39.5 Å². The lowest BCUT2D eigenvalue weighted by atomic mass is 10.1. The summed E-state index contributed by atoms with van der Waals surface area (Å²) in [6, 6.07) is 16.0. The number of aromatic amines is 2. The first kappa shape index (κ1) is 39.9. The van der Waals surface area contributed by atoms with E-state index in [4.69, 9.17) is 9.47 Å². The predicted molar refractivity (Wildman–Crippen MR) is 213 cm³/mol. The third kappa shape index (κ3) is 9.80. The average molecular weight is 831 g/mol. The smallest absolute Gasteiger partial charge is 0.267 e. The summed E-state index contributed by atoms with van der Waals surface area (Å²) in [6.07, 6.45) is 3.66. The Kier molecular flexibility index (Phi) is 11.2. The quantitative estimate of drug-likeness (QED) is 0.0686. The highest BCUT2D eigenvalue weighted by Crippen LogP contribution is 2.40. The van der Waals surface area contributed by atoms with Crippen molar-refractivity contribution in [1.82, 2.24) is 41.2 Å². The molecule has 0 bridgehead atoms. The molecule has 304 valence electrons. The van der Waals surface area contributed by atoms with E-state index in [0.29, 0.717) is 34.9 Å². The van der Waals surface area contributed by atoms with E-state index in [1.165, 1.54) is 24.3 Å².